The Morgan fingerprint density at radius 3 is 2.93 bits per heavy atom. The second-order valence-electron chi connectivity index (χ2n) is 5.19. The molecule has 0 atom stereocenters. The van der Waals surface area contributed by atoms with E-state index in [0.717, 1.165) is 24.3 Å². The van der Waals surface area contributed by atoms with E-state index in [1.807, 2.05) is 0 Å². The van der Waals surface area contributed by atoms with Gasteiger partial charge < -0.3 is 13.8 Å². The quantitative estimate of drug-likeness (QED) is 0.520. The van der Waals surface area contributed by atoms with Crippen LogP contribution >= 0.6 is 24.0 Å². The van der Waals surface area contributed by atoms with Crippen LogP contribution in [0.3, 0.4) is 0 Å². The lowest BCUT2D eigenvalue weighted by Crippen LogP contribution is -2.33. The number of halogens is 2. The molecule has 142 valence electrons. The molecular formula is C15H12ClFN4O5S. The Kier molecular flexibility index (Phi) is 5.54. The predicted molar refractivity (Wildman–Crippen MR) is 98.5 cm³/mol. The number of rotatable bonds is 6. The molecule has 27 heavy (non-hydrogen) atoms. The molecule has 0 saturated heterocycles. The highest BCUT2D eigenvalue weighted by atomic mass is 35.5. The Labute approximate surface area is 160 Å². The van der Waals surface area contributed by atoms with Crippen molar-refractivity contribution in [2.75, 3.05) is 11.8 Å². The summed E-state index contributed by atoms with van der Waals surface area (Å²) >= 11 is 6.24. The maximum absolute atomic E-state index is 14.5. The van der Waals surface area contributed by atoms with Gasteiger partial charge >= 0.3 is 5.76 Å². The first-order valence-corrected chi connectivity index (χ1v) is 8.50. The van der Waals surface area contributed by atoms with Gasteiger partial charge in [-0.3, -0.25) is 9.52 Å². The van der Waals surface area contributed by atoms with E-state index < -0.39 is 22.9 Å². The van der Waals surface area contributed by atoms with Crippen LogP contribution in [0.2, 0.25) is 0 Å². The molecule has 0 spiro atoms. The minimum Gasteiger partial charge on any atom is -0.504 e. The molecule has 3 rings (SSSR count). The van der Waals surface area contributed by atoms with E-state index in [4.69, 9.17) is 16.3 Å². The molecule has 3 N–H and O–H groups in total. The van der Waals surface area contributed by atoms with Crippen LogP contribution in [-0.4, -0.2) is 21.7 Å². The summed E-state index contributed by atoms with van der Waals surface area (Å²) in [4.78, 5) is 28.7. The molecule has 0 fully saturated rings. The Morgan fingerprint density at radius 1 is 1.44 bits per heavy atom. The molecule has 0 aliphatic carbocycles. The van der Waals surface area contributed by atoms with Gasteiger partial charge in [0, 0.05) is 36.0 Å². The Hall–Kier alpha value is -2.76. The Balaban J connectivity index is 2.09. The monoisotopic (exact) mass is 414 g/mol. The maximum atomic E-state index is 14.5. The van der Waals surface area contributed by atoms with Crippen molar-refractivity contribution in [3.05, 3.63) is 56.7 Å². The van der Waals surface area contributed by atoms with Crippen LogP contribution in [0, 0.1) is 5.82 Å². The number of nitrogens with one attached hydrogen (secondary N) is 2. The lowest BCUT2D eigenvalue weighted by Gasteiger charge is -2.10. The summed E-state index contributed by atoms with van der Waals surface area (Å²) in [6.07, 6.45) is 1.34. The number of phenols is 1. The molecule has 0 unspecified atom stereocenters. The zero-order valence-corrected chi connectivity index (χ0v) is 15.2. The van der Waals surface area contributed by atoms with Crippen LogP contribution in [0.5, 0.6) is 11.5 Å². The van der Waals surface area contributed by atoms with Gasteiger partial charge in [0.15, 0.2) is 23.1 Å². The van der Waals surface area contributed by atoms with Gasteiger partial charge in [0.2, 0.25) is 0 Å². The summed E-state index contributed by atoms with van der Waals surface area (Å²) in [5, 5.41) is 9.61. The number of anilines is 1. The molecule has 0 aliphatic heterocycles. The van der Waals surface area contributed by atoms with Crippen LogP contribution in [0.15, 0.2) is 38.4 Å². The fourth-order valence-corrected chi connectivity index (χ4v) is 2.79. The number of fused-ring (bicyclic) bond motifs is 1. The SMILES string of the molecule is CNSNc1nccc(Cn2c(=O)oc3cc(O)c(OCl)cc3c2=O)c1F. The van der Waals surface area contributed by atoms with Crippen molar-refractivity contribution < 1.29 is 18.2 Å². The number of hydrogen-bond donors (Lipinski definition) is 3. The fourth-order valence-electron chi connectivity index (χ4n) is 2.32. The highest BCUT2D eigenvalue weighted by Crippen LogP contribution is 2.30. The number of hydrogen-bond acceptors (Lipinski definition) is 9. The van der Waals surface area contributed by atoms with Crippen molar-refractivity contribution in [2.45, 2.75) is 6.54 Å². The van der Waals surface area contributed by atoms with Gasteiger partial charge in [0.05, 0.1) is 11.9 Å². The van der Waals surface area contributed by atoms with Gasteiger partial charge in [-0.25, -0.2) is 23.5 Å². The summed E-state index contributed by atoms with van der Waals surface area (Å²) in [5.41, 5.74) is -0.865. The first-order chi connectivity index (χ1) is 13.0. The van der Waals surface area contributed by atoms with Gasteiger partial charge in [-0.15, -0.1) is 0 Å². The number of benzene rings is 1. The molecule has 12 heteroatoms. The smallest absolute Gasteiger partial charge is 0.422 e. The fraction of sp³-hybridized carbons (Fsp3) is 0.133. The summed E-state index contributed by atoms with van der Waals surface area (Å²) in [5.74, 6) is -2.39. The van der Waals surface area contributed by atoms with E-state index in [-0.39, 0.29) is 34.6 Å². The first-order valence-electron chi connectivity index (χ1n) is 7.37. The lowest BCUT2D eigenvalue weighted by molar-refractivity contribution is 0.438. The molecule has 0 bridgehead atoms. The third kappa shape index (κ3) is 3.70. The number of nitrogens with zero attached hydrogens (tertiary/aromatic N) is 2. The van der Waals surface area contributed by atoms with Crippen molar-refractivity contribution in [2.24, 2.45) is 0 Å². The van der Waals surface area contributed by atoms with E-state index in [0.29, 0.717) is 4.57 Å². The first kappa shape index (κ1) is 19.0. The van der Waals surface area contributed by atoms with Gasteiger partial charge in [0.25, 0.3) is 5.56 Å². The van der Waals surface area contributed by atoms with Gasteiger partial charge in [-0.2, -0.15) is 0 Å². The van der Waals surface area contributed by atoms with Crippen molar-refractivity contribution in [1.82, 2.24) is 14.3 Å². The van der Waals surface area contributed by atoms with Crippen molar-refractivity contribution >= 4 is 40.8 Å². The third-order valence-corrected chi connectivity index (χ3v) is 4.25. The van der Waals surface area contributed by atoms with Crippen LogP contribution < -0.4 is 25.0 Å². The molecule has 0 saturated carbocycles. The van der Waals surface area contributed by atoms with Crippen molar-refractivity contribution in [3.63, 3.8) is 0 Å². The Morgan fingerprint density at radius 2 is 2.22 bits per heavy atom. The minimum atomic E-state index is -1.01. The third-order valence-electron chi connectivity index (χ3n) is 3.58. The molecule has 0 amide bonds. The van der Waals surface area contributed by atoms with Crippen molar-refractivity contribution in [1.29, 1.82) is 0 Å². The zero-order valence-electron chi connectivity index (χ0n) is 13.7. The average molecular weight is 415 g/mol. The van der Waals surface area contributed by atoms with E-state index in [2.05, 4.69) is 18.7 Å². The zero-order chi connectivity index (χ0) is 19.6. The summed E-state index contributed by atoms with van der Waals surface area (Å²) in [7, 11) is 1.63. The topological polar surface area (TPSA) is 119 Å². The second-order valence-corrected chi connectivity index (χ2v) is 6.16. The van der Waals surface area contributed by atoms with Crippen LogP contribution in [0.1, 0.15) is 5.56 Å². The average Bonchev–Trinajstić information content (AvgIpc) is 2.65. The molecule has 1 aromatic carbocycles. The molecule has 0 aliphatic rings. The maximum Gasteiger partial charge on any atom is 0.422 e. The van der Waals surface area contributed by atoms with E-state index >= 15 is 0 Å². The van der Waals surface area contributed by atoms with Gasteiger partial charge in [0.1, 0.15) is 17.4 Å². The molecule has 2 aromatic heterocycles. The normalized spacial score (nSPS) is 10.9. The highest BCUT2D eigenvalue weighted by molar-refractivity contribution is 7.98. The minimum absolute atomic E-state index is 0.0468. The molecule has 9 nitrogen and oxygen atoms in total. The number of phenolic OH excluding ortho intramolecular Hbond substituents is 1. The Bertz CT molecular complexity index is 1120. The van der Waals surface area contributed by atoms with Crippen LogP contribution in [0.25, 0.3) is 11.0 Å². The summed E-state index contributed by atoms with van der Waals surface area (Å²) < 4.78 is 30.1. The number of aromatic nitrogens is 2. The lowest BCUT2D eigenvalue weighted by atomic mass is 10.2. The molecule has 2 heterocycles. The predicted octanol–water partition coefficient (Wildman–Crippen LogP) is 1.97. The number of pyridine rings is 1. The number of aromatic hydroxyl groups is 1. The second kappa shape index (κ2) is 7.86. The molecular weight excluding hydrogens is 403 g/mol. The molecule has 3 aromatic rings. The van der Waals surface area contributed by atoms with E-state index in [1.165, 1.54) is 12.3 Å². The van der Waals surface area contributed by atoms with Crippen LogP contribution in [0.4, 0.5) is 10.2 Å². The van der Waals surface area contributed by atoms with Crippen LogP contribution in [-0.2, 0) is 6.54 Å². The molecule has 0 radical (unpaired) electrons. The highest BCUT2D eigenvalue weighted by Gasteiger charge is 2.17. The largest absolute Gasteiger partial charge is 0.504 e. The summed E-state index contributed by atoms with van der Waals surface area (Å²) in [6.45, 7) is -0.387. The summed E-state index contributed by atoms with van der Waals surface area (Å²) in [6, 6.07) is 3.49. The van der Waals surface area contributed by atoms with Gasteiger partial charge in [-0.05, 0) is 13.1 Å². The van der Waals surface area contributed by atoms with Gasteiger partial charge in [-0.1, -0.05) is 0 Å². The van der Waals surface area contributed by atoms with E-state index in [1.54, 1.807) is 7.05 Å². The standard InChI is InChI=1S/C15H12ClFN4O5S/c1-18-27-20-13-12(17)7(2-3-19-13)6-21-14(23)8-4-11(26-16)9(22)5-10(8)25-15(21)24/h2-5,18,22H,6H2,1H3,(H,19,20). The van der Waals surface area contributed by atoms with Crippen molar-refractivity contribution in [3.8, 4) is 11.5 Å². The van der Waals surface area contributed by atoms with E-state index in [9.17, 15) is 19.1 Å².